The maximum absolute atomic E-state index is 12.8. The molecular formula is C19H22N2O3S. The van der Waals surface area contributed by atoms with Crippen LogP contribution in [0.15, 0.2) is 53.4 Å². The second-order valence-corrected chi connectivity index (χ2v) is 8.38. The molecule has 2 aromatic carbocycles. The van der Waals surface area contributed by atoms with Crippen LogP contribution in [0.3, 0.4) is 0 Å². The molecule has 0 aliphatic carbocycles. The first-order valence-corrected chi connectivity index (χ1v) is 9.75. The summed E-state index contributed by atoms with van der Waals surface area (Å²) in [5.74, 6) is 0.0901. The van der Waals surface area contributed by atoms with Crippen LogP contribution in [0.4, 0.5) is 5.69 Å². The Morgan fingerprint density at radius 2 is 1.76 bits per heavy atom. The van der Waals surface area contributed by atoms with E-state index < -0.39 is 10.0 Å². The fraction of sp³-hybridized carbons (Fsp3) is 0.316. The van der Waals surface area contributed by atoms with Gasteiger partial charge in [0.05, 0.1) is 4.90 Å². The predicted octanol–water partition coefficient (Wildman–Crippen LogP) is 2.94. The van der Waals surface area contributed by atoms with E-state index in [2.05, 4.69) is 0 Å². The molecule has 5 nitrogen and oxygen atoms in total. The molecule has 2 aromatic rings. The summed E-state index contributed by atoms with van der Waals surface area (Å²) < 4.78 is 26.9. The van der Waals surface area contributed by atoms with Crippen molar-refractivity contribution < 1.29 is 13.2 Å². The Balaban J connectivity index is 1.79. The largest absolute Gasteiger partial charge is 0.312 e. The molecule has 132 valence electrons. The highest BCUT2D eigenvalue weighted by Crippen LogP contribution is 2.24. The molecule has 25 heavy (non-hydrogen) atoms. The molecule has 0 unspecified atom stereocenters. The number of carbonyl (C=O) groups is 1. The molecule has 0 aromatic heterocycles. The van der Waals surface area contributed by atoms with Crippen LogP contribution in [0.25, 0.3) is 0 Å². The van der Waals surface area contributed by atoms with Gasteiger partial charge in [0.25, 0.3) is 0 Å². The van der Waals surface area contributed by atoms with Gasteiger partial charge in [-0.15, -0.1) is 0 Å². The lowest BCUT2D eigenvalue weighted by atomic mass is 10.1. The van der Waals surface area contributed by atoms with Gasteiger partial charge in [0.15, 0.2) is 0 Å². The van der Waals surface area contributed by atoms with Crippen LogP contribution in [0.5, 0.6) is 0 Å². The fourth-order valence-electron chi connectivity index (χ4n) is 3.01. The zero-order valence-corrected chi connectivity index (χ0v) is 15.3. The molecule has 0 bridgehead atoms. The summed E-state index contributed by atoms with van der Waals surface area (Å²) in [6.07, 6.45) is 1.40. The number of nitrogens with zero attached hydrogens (tertiary/aromatic N) is 2. The van der Waals surface area contributed by atoms with Crippen LogP contribution < -0.4 is 4.90 Å². The number of amides is 1. The van der Waals surface area contributed by atoms with E-state index >= 15 is 0 Å². The standard InChI is InChI=1S/C19H22N2O3S/c1-15-6-3-4-7-16(15)14-20(2)25(23,24)18-11-9-17(10-12-18)21-13-5-8-19(21)22/h3-4,6-7,9-12H,5,8,13-14H2,1-2H3. The molecule has 0 spiro atoms. The molecule has 1 amide bonds. The van der Waals surface area contributed by atoms with Gasteiger partial charge >= 0.3 is 0 Å². The minimum absolute atomic E-state index is 0.0901. The average Bonchev–Trinajstić information content (AvgIpc) is 3.03. The third-order valence-electron chi connectivity index (χ3n) is 4.58. The van der Waals surface area contributed by atoms with Gasteiger partial charge in [-0.3, -0.25) is 4.79 Å². The Kier molecular flexibility index (Phi) is 4.92. The van der Waals surface area contributed by atoms with Crippen molar-refractivity contribution in [3.8, 4) is 0 Å². The van der Waals surface area contributed by atoms with Crippen molar-refractivity contribution >= 4 is 21.6 Å². The molecule has 1 fully saturated rings. The van der Waals surface area contributed by atoms with Crippen molar-refractivity contribution in [2.24, 2.45) is 0 Å². The first-order chi connectivity index (χ1) is 11.9. The highest BCUT2D eigenvalue weighted by molar-refractivity contribution is 7.89. The first kappa shape index (κ1) is 17.6. The van der Waals surface area contributed by atoms with Gasteiger partial charge in [-0.2, -0.15) is 4.31 Å². The minimum atomic E-state index is -3.58. The van der Waals surface area contributed by atoms with E-state index in [0.29, 0.717) is 19.5 Å². The SMILES string of the molecule is Cc1ccccc1CN(C)S(=O)(=O)c1ccc(N2CCCC2=O)cc1. The van der Waals surface area contributed by atoms with E-state index in [-0.39, 0.29) is 10.8 Å². The lowest BCUT2D eigenvalue weighted by Gasteiger charge is -2.20. The smallest absolute Gasteiger partial charge is 0.243 e. The normalized spacial score (nSPS) is 15.2. The van der Waals surface area contributed by atoms with Crippen molar-refractivity contribution in [2.75, 3.05) is 18.5 Å². The van der Waals surface area contributed by atoms with Crippen LogP contribution in [-0.4, -0.2) is 32.2 Å². The van der Waals surface area contributed by atoms with Crippen molar-refractivity contribution in [2.45, 2.75) is 31.2 Å². The molecule has 6 heteroatoms. The third kappa shape index (κ3) is 3.60. The second kappa shape index (κ2) is 6.98. The van der Waals surface area contributed by atoms with Crippen LogP contribution in [0, 0.1) is 6.92 Å². The molecule has 0 atom stereocenters. The number of sulfonamides is 1. The Labute approximate surface area is 148 Å². The number of carbonyl (C=O) groups excluding carboxylic acids is 1. The van der Waals surface area contributed by atoms with Crippen molar-refractivity contribution in [3.63, 3.8) is 0 Å². The van der Waals surface area contributed by atoms with Gasteiger partial charge in [-0.1, -0.05) is 24.3 Å². The monoisotopic (exact) mass is 358 g/mol. The van der Waals surface area contributed by atoms with Gasteiger partial charge in [0.2, 0.25) is 15.9 Å². The van der Waals surface area contributed by atoms with Crippen molar-refractivity contribution in [3.05, 3.63) is 59.7 Å². The van der Waals surface area contributed by atoms with Gasteiger partial charge in [0.1, 0.15) is 0 Å². The summed E-state index contributed by atoms with van der Waals surface area (Å²) in [7, 11) is -1.99. The van der Waals surface area contributed by atoms with Crippen LogP contribution in [0.1, 0.15) is 24.0 Å². The minimum Gasteiger partial charge on any atom is -0.312 e. The summed E-state index contributed by atoms with van der Waals surface area (Å²) >= 11 is 0. The summed E-state index contributed by atoms with van der Waals surface area (Å²) in [5, 5.41) is 0. The van der Waals surface area contributed by atoms with Gasteiger partial charge in [-0.25, -0.2) is 8.42 Å². The molecular weight excluding hydrogens is 336 g/mol. The molecule has 1 aliphatic heterocycles. The summed E-state index contributed by atoms with van der Waals surface area (Å²) in [5.41, 5.74) is 2.79. The molecule has 1 aliphatic rings. The number of hydrogen-bond donors (Lipinski definition) is 0. The van der Waals surface area contributed by atoms with E-state index in [9.17, 15) is 13.2 Å². The molecule has 0 radical (unpaired) electrons. The highest BCUT2D eigenvalue weighted by Gasteiger charge is 2.24. The van der Waals surface area contributed by atoms with Crippen molar-refractivity contribution in [1.29, 1.82) is 0 Å². The van der Waals surface area contributed by atoms with Gasteiger partial charge in [0, 0.05) is 32.2 Å². The lowest BCUT2D eigenvalue weighted by Crippen LogP contribution is -2.27. The molecule has 0 N–H and O–H groups in total. The Morgan fingerprint density at radius 3 is 2.36 bits per heavy atom. The number of benzene rings is 2. The topological polar surface area (TPSA) is 57.7 Å². The summed E-state index contributed by atoms with van der Waals surface area (Å²) in [6.45, 7) is 2.98. The number of hydrogen-bond acceptors (Lipinski definition) is 3. The van der Waals surface area contributed by atoms with Gasteiger partial charge < -0.3 is 4.90 Å². The van der Waals surface area contributed by atoms with Crippen LogP contribution in [0.2, 0.25) is 0 Å². The summed E-state index contributed by atoms with van der Waals surface area (Å²) in [6, 6.07) is 14.3. The summed E-state index contributed by atoms with van der Waals surface area (Å²) in [4.78, 5) is 13.7. The Hall–Kier alpha value is -2.18. The molecule has 1 saturated heterocycles. The molecule has 1 heterocycles. The highest BCUT2D eigenvalue weighted by atomic mass is 32.2. The third-order valence-corrected chi connectivity index (χ3v) is 6.40. The zero-order chi connectivity index (χ0) is 18.0. The van der Waals surface area contributed by atoms with Crippen LogP contribution >= 0.6 is 0 Å². The van der Waals surface area contributed by atoms with Gasteiger partial charge in [-0.05, 0) is 48.7 Å². The van der Waals surface area contributed by atoms with E-state index in [4.69, 9.17) is 0 Å². The lowest BCUT2D eigenvalue weighted by molar-refractivity contribution is -0.117. The Bertz CT molecular complexity index is 876. The van der Waals surface area contributed by atoms with E-state index in [0.717, 1.165) is 23.2 Å². The number of rotatable bonds is 5. The number of anilines is 1. The van der Waals surface area contributed by atoms with E-state index in [1.807, 2.05) is 31.2 Å². The van der Waals surface area contributed by atoms with E-state index in [1.54, 1.807) is 36.2 Å². The maximum atomic E-state index is 12.8. The quantitative estimate of drug-likeness (QED) is 0.826. The second-order valence-electron chi connectivity index (χ2n) is 6.33. The van der Waals surface area contributed by atoms with Crippen molar-refractivity contribution in [1.82, 2.24) is 4.31 Å². The molecule has 3 rings (SSSR count). The predicted molar refractivity (Wildman–Crippen MR) is 97.9 cm³/mol. The maximum Gasteiger partial charge on any atom is 0.243 e. The fourth-order valence-corrected chi connectivity index (χ4v) is 4.16. The first-order valence-electron chi connectivity index (χ1n) is 8.31. The number of aryl methyl sites for hydroxylation is 1. The van der Waals surface area contributed by atoms with E-state index in [1.165, 1.54) is 4.31 Å². The zero-order valence-electron chi connectivity index (χ0n) is 14.5. The van der Waals surface area contributed by atoms with Crippen LogP contribution in [-0.2, 0) is 21.4 Å². The Morgan fingerprint density at radius 1 is 1.08 bits per heavy atom. The molecule has 0 saturated carbocycles. The average molecular weight is 358 g/mol.